The monoisotopic (exact) mass is 374 g/mol. The number of cyclic esters (lactones) is 1. The van der Waals surface area contributed by atoms with Crippen LogP contribution in [0.3, 0.4) is 0 Å². The van der Waals surface area contributed by atoms with E-state index in [1.807, 2.05) is 6.92 Å². The number of unbranched alkanes of at least 4 members (excludes halogenated alkanes) is 7. The number of thiol groups is 1. The number of methoxy groups -OCH3 is 1. The third kappa shape index (κ3) is 6.74. The lowest BCUT2D eigenvalue weighted by Gasteiger charge is -2.27. The Labute approximate surface area is 157 Å². The largest absolute Gasteiger partial charge is 0.505 e. The normalized spacial score (nSPS) is 21.2. The van der Waals surface area contributed by atoms with Gasteiger partial charge in [-0.15, -0.1) is 0 Å². The molecule has 0 aliphatic carbocycles. The van der Waals surface area contributed by atoms with Crippen LogP contribution in [0.4, 0.5) is 0 Å². The van der Waals surface area contributed by atoms with Crippen molar-refractivity contribution in [2.45, 2.75) is 89.1 Å². The average molecular weight is 375 g/mol. The number of carbonyl (C=O) groups excluding carboxylic acids is 1. The third-order valence-electron chi connectivity index (χ3n) is 4.88. The predicted octanol–water partition coefficient (Wildman–Crippen LogP) is 4.15. The van der Waals surface area contributed by atoms with Gasteiger partial charge in [-0.1, -0.05) is 65.2 Å². The molecule has 4 atom stereocenters. The molecule has 6 heteroatoms. The van der Waals surface area contributed by atoms with E-state index in [9.17, 15) is 15.0 Å². The topological polar surface area (TPSA) is 76.0 Å². The SMILES string of the molecule is CCCCCCCCCC[C@H](C)[C@H](S)[C@H](O)[C@H]1OC(=O)C(OC)=C1O. The molecule has 0 unspecified atom stereocenters. The highest BCUT2D eigenvalue weighted by atomic mass is 32.1. The Morgan fingerprint density at radius 1 is 1.16 bits per heavy atom. The number of esters is 1. The van der Waals surface area contributed by atoms with E-state index in [0.29, 0.717) is 0 Å². The lowest BCUT2D eigenvalue weighted by Crippen LogP contribution is -2.39. The Kier molecular flexibility index (Phi) is 10.4. The van der Waals surface area contributed by atoms with Gasteiger partial charge in [-0.05, 0) is 12.3 Å². The first-order valence-corrected chi connectivity index (χ1v) is 9.99. The molecule has 0 spiro atoms. The summed E-state index contributed by atoms with van der Waals surface area (Å²) in [5, 5.41) is 20.0. The Morgan fingerprint density at radius 3 is 2.24 bits per heavy atom. The lowest BCUT2D eigenvalue weighted by molar-refractivity contribution is -0.147. The van der Waals surface area contributed by atoms with E-state index in [4.69, 9.17) is 9.47 Å². The van der Waals surface area contributed by atoms with Gasteiger partial charge in [-0.25, -0.2) is 4.79 Å². The first kappa shape index (κ1) is 22.2. The minimum absolute atomic E-state index is 0.150. The van der Waals surface area contributed by atoms with Gasteiger partial charge in [0.15, 0.2) is 11.9 Å². The zero-order chi connectivity index (χ0) is 18.8. The fourth-order valence-corrected chi connectivity index (χ4v) is 3.47. The maximum absolute atomic E-state index is 11.6. The Balaban J connectivity index is 2.30. The summed E-state index contributed by atoms with van der Waals surface area (Å²) in [7, 11) is 1.28. The molecule has 0 fully saturated rings. The Hall–Kier alpha value is -0.880. The summed E-state index contributed by atoms with van der Waals surface area (Å²) in [6, 6.07) is 0. The first-order chi connectivity index (χ1) is 11.9. The fourth-order valence-electron chi connectivity index (χ4n) is 3.16. The van der Waals surface area contributed by atoms with Gasteiger partial charge in [-0.2, -0.15) is 12.6 Å². The summed E-state index contributed by atoms with van der Waals surface area (Å²) in [6.45, 7) is 4.25. The molecule has 146 valence electrons. The number of rotatable bonds is 13. The minimum atomic E-state index is -1.09. The quantitative estimate of drug-likeness (QED) is 0.256. The second-order valence-corrected chi connectivity index (χ2v) is 7.56. The summed E-state index contributed by atoms with van der Waals surface area (Å²) >= 11 is 4.49. The molecule has 1 rings (SSSR count). The molecule has 0 saturated carbocycles. The number of aliphatic hydroxyl groups excluding tert-OH is 2. The third-order valence-corrected chi connectivity index (χ3v) is 5.70. The van der Waals surface area contributed by atoms with Crippen molar-refractivity contribution in [1.29, 1.82) is 0 Å². The summed E-state index contributed by atoms with van der Waals surface area (Å²) in [6.07, 6.45) is 8.85. The van der Waals surface area contributed by atoms with E-state index in [-0.39, 0.29) is 22.7 Å². The van der Waals surface area contributed by atoms with Crippen LogP contribution in [0.5, 0.6) is 0 Å². The van der Waals surface area contributed by atoms with Gasteiger partial charge >= 0.3 is 5.97 Å². The first-order valence-electron chi connectivity index (χ1n) is 9.48. The molecule has 1 aliphatic heterocycles. The second kappa shape index (κ2) is 11.7. The van der Waals surface area contributed by atoms with E-state index in [1.54, 1.807) is 0 Å². The maximum Gasteiger partial charge on any atom is 0.378 e. The summed E-state index contributed by atoms with van der Waals surface area (Å²) in [5.74, 6) is -1.18. The van der Waals surface area contributed by atoms with Crippen molar-refractivity contribution in [3.63, 3.8) is 0 Å². The van der Waals surface area contributed by atoms with Gasteiger partial charge in [0.1, 0.15) is 6.10 Å². The fraction of sp³-hybridized carbons (Fsp3) is 0.842. The number of carbonyl (C=O) groups is 1. The van der Waals surface area contributed by atoms with E-state index in [2.05, 4.69) is 19.6 Å². The lowest BCUT2D eigenvalue weighted by atomic mass is 9.93. The van der Waals surface area contributed by atoms with E-state index in [1.165, 1.54) is 52.1 Å². The van der Waals surface area contributed by atoms with Crippen molar-refractivity contribution in [3.8, 4) is 0 Å². The molecule has 0 aromatic rings. The van der Waals surface area contributed by atoms with Gasteiger partial charge in [-0.3, -0.25) is 0 Å². The molecule has 5 nitrogen and oxygen atoms in total. The van der Waals surface area contributed by atoms with E-state index >= 15 is 0 Å². The number of hydrogen-bond acceptors (Lipinski definition) is 6. The van der Waals surface area contributed by atoms with Crippen molar-refractivity contribution in [2.75, 3.05) is 7.11 Å². The molecule has 1 heterocycles. The highest BCUT2D eigenvalue weighted by Gasteiger charge is 2.43. The summed E-state index contributed by atoms with van der Waals surface area (Å²) < 4.78 is 9.82. The van der Waals surface area contributed by atoms with Crippen molar-refractivity contribution in [1.82, 2.24) is 0 Å². The van der Waals surface area contributed by atoms with Crippen LogP contribution in [0, 0.1) is 5.92 Å². The van der Waals surface area contributed by atoms with Gasteiger partial charge in [0.25, 0.3) is 0 Å². The van der Waals surface area contributed by atoms with Crippen LogP contribution in [-0.2, 0) is 14.3 Å². The van der Waals surface area contributed by atoms with Gasteiger partial charge in [0.05, 0.1) is 7.11 Å². The zero-order valence-corrected chi connectivity index (χ0v) is 16.6. The smallest absolute Gasteiger partial charge is 0.378 e. The van der Waals surface area contributed by atoms with Crippen molar-refractivity contribution in [2.24, 2.45) is 5.92 Å². The maximum atomic E-state index is 11.6. The second-order valence-electron chi connectivity index (χ2n) is 6.97. The van der Waals surface area contributed by atoms with Crippen LogP contribution < -0.4 is 0 Å². The van der Waals surface area contributed by atoms with Crippen LogP contribution in [0.15, 0.2) is 11.5 Å². The molecule has 0 amide bonds. The van der Waals surface area contributed by atoms with Gasteiger partial charge in [0.2, 0.25) is 5.76 Å². The average Bonchev–Trinajstić information content (AvgIpc) is 2.89. The molecule has 0 saturated heterocycles. The number of hydrogen-bond donors (Lipinski definition) is 3. The highest BCUT2D eigenvalue weighted by molar-refractivity contribution is 7.81. The van der Waals surface area contributed by atoms with Crippen LogP contribution in [0.25, 0.3) is 0 Å². The molecule has 0 aromatic carbocycles. The molecule has 2 N–H and O–H groups in total. The summed E-state index contributed by atoms with van der Waals surface area (Å²) in [5.41, 5.74) is 0. The molecular weight excluding hydrogens is 340 g/mol. The zero-order valence-electron chi connectivity index (χ0n) is 15.7. The van der Waals surface area contributed by atoms with Crippen LogP contribution >= 0.6 is 12.6 Å². The molecule has 0 aromatic heterocycles. The van der Waals surface area contributed by atoms with Crippen molar-refractivity contribution in [3.05, 3.63) is 11.5 Å². The molecule has 0 bridgehead atoms. The van der Waals surface area contributed by atoms with Crippen LogP contribution in [0.1, 0.15) is 71.6 Å². The van der Waals surface area contributed by atoms with E-state index < -0.39 is 18.2 Å². The predicted molar refractivity (Wildman–Crippen MR) is 102 cm³/mol. The Bertz CT molecular complexity index is 438. The van der Waals surface area contributed by atoms with Crippen LogP contribution in [-0.4, -0.2) is 40.8 Å². The summed E-state index contributed by atoms with van der Waals surface area (Å²) in [4.78, 5) is 11.6. The van der Waals surface area contributed by atoms with E-state index in [0.717, 1.165) is 12.8 Å². The molecule has 25 heavy (non-hydrogen) atoms. The molecule has 1 aliphatic rings. The van der Waals surface area contributed by atoms with Crippen molar-refractivity contribution >= 4 is 18.6 Å². The number of aliphatic hydroxyl groups is 2. The molecular formula is C19H34O5S. The standard InChI is InChI=1S/C19H34O5S/c1-4-5-6-7-8-9-10-11-12-13(2)18(25)15(21)16-14(20)17(23-3)19(22)24-16/h13,15-16,18,20-21,25H,4-12H2,1-3H3/t13-,15+,16-,18-/m0/s1. The molecule has 0 radical (unpaired) electrons. The van der Waals surface area contributed by atoms with Gasteiger partial charge < -0.3 is 19.7 Å². The van der Waals surface area contributed by atoms with Crippen LogP contribution in [0.2, 0.25) is 0 Å². The van der Waals surface area contributed by atoms with Gasteiger partial charge in [0, 0.05) is 5.25 Å². The van der Waals surface area contributed by atoms with Crippen molar-refractivity contribution < 1.29 is 24.5 Å². The Morgan fingerprint density at radius 2 is 1.72 bits per heavy atom. The highest BCUT2D eigenvalue weighted by Crippen LogP contribution is 2.30. The number of ether oxygens (including phenoxy) is 2. The minimum Gasteiger partial charge on any atom is -0.505 e.